The lowest BCUT2D eigenvalue weighted by atomic mass is 10.1. The van der Waals surface area contributed by atoms with Crippen molar-refractivity contribution >= 4 is 34.4 Å². The van der Waals surface area contributed by atoms with Gasteiger partial charge in [-0.05, 0) is 25.1 Å². The molecule has 8 heteroatoms. The first-order chi connectivity index (χ1) is 15.5. The number of methoxy groups -OCH3 is 1. The highest BCUT2D eigenvalue weighted by molar-refractivity contribution is 7.17. The molecule has 2 aromatic carbocycles. The number of rotatable bonds is 6. The zero-order valence-electron chi connectivity index (χ0n) is 17.5. The monoisotopic (exact) mass is 444 g/mol. The number of aromatic nitrogens is 3. The third-order valence-corrected chi connectivity index (χ3v) is 5.68. The summed E-state index contributed by atoms with van der Waals surface area (Å²) in [6.45, 7) is 1.69. The molecule has 7 nitrogen and oxygen atoms in total. The van der Waals surface area contributed by atoms with Gasteiger partial charge in [-0.3, -0.25) is 10.1 Å². The number of ether oxygens (including phenoxy) is 1. The average Bonchev–Trinajstić information content (AvgIpc) is 3.42. The Morgan fingerprint density at radius 1 is 1.06 bits per heavy atom. The van der Waals surface area contributed by atoms with Gasteiger partial charge in [-0.15, -0.1) is 0 Å². The van der Waals surface area contributed by atoms with Crippen molar-refractivity contribution in [1.29, 1.82) is 0 Å². The molecule has 32 heavy (non-hydrogen) atoms. The summed E-state index contributed by atoms with van der Waals surface area (Å²) in [5.74, 6) is -0.835. The van der Waals surface area contributed by atoms with Crippen molar-refractivity contribution in [2.24, 2.45) is 0 Å². The predicted octanol–water partition coefficient (Wildman–Crippen LogP) is 4.74. The van der Waals surface area contributed by atoms with Crippen molar-refractivity contribution < 1.29 is 14.3 Å². The van der Waals surface area contributed by atoms with E-state index in [0.717, 1.165) is 33.8 Å². The molecule has 0 bridgehead atoms. The number of para-hydroxylation sites is 1. The van der Waals surface area contributed by atoms with Gasteiger partial charge >= 0.3 is 5.97 Å². The minimum atomic E-state index is -0.475. The van der Waals surface area contributed by atoms with Gasteiger partial charge in [0.15, 0.2) is 5.13 Å². The summed E-state index contributed by atoms with van der Waals surface area (Å²) < 4.78 is 6.51. The molecule has 0 radical (unpaired) electrons. The van der Waals surface area contributed by atoms with Gasteiger partial charge in [0.2, 0.25) is 5.91 Å². The van der Waals surface area contributed by atoms with Crippen molar-refractivity contribution in [3.8, 4) is 16.9 Å². The second-order valence-electron chi connectivity index (χ2n) is 6.83. The first kappa shape index (κ1) is 21.2. The lowest BCUT2D eigenvalue weighted by molar-refractivity contribution is -0.111. The largest absolute Gasteiger partial charge is 0.465 e. The number of aryl methyl sites for hydroxylation is 1. The Kier molecular flexibility index (Phi) is 6.23. The average molecular weight is 445 g/mol. The number of amides is 1. The molecule has 0 fully saturated rings. The van der Waals surface area contributed by atoms with Crippen molar-refractivity contribution in [2.45, 2.75) is 6.92 Å². The fourth-order valence-electron chi connectivity index (χ4n) is 3.09. The first-order valence-electron chi connectivity index (χ1n) is 9.80. The highest BCUT2D eigenvalue weighted by Crippen LogP contribution is 2.26. The van der Waals surface area contributed by atoms with Crippen LogP contribution >= 0.6 is 11.3 Å². The molecular formula is C24H20N4O3S. The number of anilines is 1. The molecule has 0 spiro atoms. The Balaban J connectivity index is 1.59. The Hall–Kier alpha value is -4.04. The number of thiazole rings is 1. The summed E-state index contributed by atoms with van der Waals surface area (Å²) in [5, 5.41) is 7.76. The van der Waals surface area contributed by atoms with Crippen LogP contribution in [0.15, 0.2) is 72.9 Å². The number of carbonyl (C=O) groups is 2. The van der Waals surface area contributed by atoms with Crippen LogP contribution in [-0.4, -0.2) is 33.8 Å². The molecule has 4 aromatic rings. The molecular weight excluding hydrogens is 424 g/mol. The van der Waals surface area contributed by atoms with Crippen LogP contribution in [0.4, 0.5) is 5.13 Å². The van der Waals surface area contributed by atoms with E-state index in [2.05, 4.69) is 10.3 Å². The van der Waals surface area contributed by atoms with E-state index in [-0.39, 0.29) is 5.91 Å². The van der Waals surface area contributed by atoms with E-state index >= 15 is 0 Å². The number of nitrogens with one attached hydrogen (secondary N) is 1. The summed E-state index contributed by atoms with van der Waals surface area (Å²) in [5.41, 5.74) is 3.93. The zero-order chi connectivity index (χ0) is 22.5. The molecule has 4 rings (SSSR count). The van der Waals surface area contributed by atoms with Crippen molar-refractivity contribution in [2.75, 3.05) is 12.4 Å². The van der Waals surface area contributed by atoms with Crippen LogP contribution < -0.4 is 5.32 Å². The molecule has 0 saturated carbocycles. The van der Waals surface area contributed by atoms with Crippen molar-refractivity contribution in [3.05, 3.63) is 89.1 Å². The quantitative estimate of drug-likeness (QED) is 0.343. The minimum Gasteiger partial charge on any atom is -0.465 e. The van der Waals surface area contributed by atoms with E-state index in [0.29, 0.717) is 15.7 Å². The number of hydrogen-bond acceptors (Lipinski definition) is 6. The number of carbonyl (C=O) groups excluding carboxylic acids is 2. The molecule has 0 atom stereocenters. The van der Waals surface area contributed by atoms with E-state index in [4.69, 9.17) is 9.84 Å². The molecule has 2 aromatic heterocycles. The Bertz CT molecular complexity index is 1280. The van der Waals surface area contributed by atoms with Crippen molar-refractivity contribution in [1.82, 2.24) is 14.8 Å². The van der Waals surface area contributed by atoms with Crippen molar-refractivity contribution in [3.63, 3.8) is 0 Å². The first-order valence-corrected chi connectivity index (χ1v) is 10.6. The normalized spacial score (nSPS) is 10.9. The standard InChI is InChI=1S/C24H20N4O3S/c1-16-22(23(30)31-2)32-24(25-16)26-20(29)14-13-18-15-28(19-11-7-4-8-12-19)27-21(18)17-9-5-3-6-10-17/h3-15H,1-2H3,(H,25,26,29)/b14-13+. The Morgan fingerprint density at radius 2 is 1.75 bits per heavy atom. The summed E-state index contributed by atoms with van der Waals surface area (Å²) >= 11 is 1.08. The van der Waals surface area contributed by atoms with Crippen LogP contribution in [0.2, 0.25) is 0 Å². The van der Waals surface area contributed by atoms with Gasteiger partial charge in [-0.2, -0.15) is 5.10 Å². The van der Waals surface area contributed by atoms with E-state index in [9.17, 15) is 9.59 Å². The fraction of sp³-hybridized carbons (Fsp3) is 0.0833. The Labute approximate surface area is 189 Å². The molecule has 0 aliphatic carbocycles. The van der Waals surface area contributed by atoms with Gasteiger partial charge in [0.25, 0.3) is 0 Å². The maximum Gasteiger partial charge on any atom is 0.350 e. The summed E-state index contributed by atoms with van der Waals surface area (Å²) in [6.07, 6.45) is 5.02. The molecule has 2 heterocycles. The van der Waals surface area contributed by atoms with Gasteiger partial charge in [0, 0.05) is 23.4 Å². The second kappa shape index (κ2) is 9.40. The maximum absolute atomic E-state index is 12.5. The third kappa shape index (κ3) is 4.65. The smallest absolute Gasteiger partial charge is 0.350 e. The summed E-state index contributed by atoms with van der Waals surface area (Å²) in [7, 11) is 1.31. The third-order valence-electron chi connectivity index (χ3n) is 4.62. The number of nitrogens with zero attached hydrogens (tertiary/aromatic N) is 3. The van der Waals surface area contributed by atoms with E-state index in [1.807, 2.05) is 66.9 Å². The lowest BCUT2D eigenvalue weighted by Gasteiger charge is -2.00. The van der Waals surface area contributed by atoms with Gasteiger partial charge in [0.05, 0.1) is 24.2 Å². The van der Waals surface area contributed by atoms with Crippen LogP contribution in [0.3, 0.4) is 0 Å². The topological polar surface area (TPSA) is 86.1 Å². The molecule has 160 valence electrons. The van der Waals surface area contributed by atoms with Gasteiger partial charge in [-0.25, -0.2) is 14.5 Å². The maximum atomic E-state index is 12.5. The van der Waals surface area contributed by atoms with Crippen LogP contribution in [0.1, 0.15) is 20.9 Å². The molecule has 1 amide bonds. The molecule has 0 saturated heterocycles. The van der Waals surface area contributed by atoms with E-state index in [1.54, 1.807) is 17.7 Å². The summed E-state index contributed by atoms with van der Waals surface area (Å²) in [6, 6.07) is 19.5. The van der Waals surface area contributed by atoms with E-state index in [1.165, 1.54) is 13.2 Å². The van der Waals surface area contributed by atoms with Crippen LogP contribution in [0.5, 0.6) is 0 Å². The Morgan fingerprint density at radius 3 is 2.44 bits per heavy atom. The zero-order valence-corrected chi connectivity index (χ0v) is 18.3. The molecule has 0 unspecified atom stereocenters. The van der Waals surface area contributed by atoms with Crippen LogP contribution in [0, 0.1) is 6.92 Å². The predicted molar refractivity (Wildman–Crippen MR) is 125 cm³/mol. The number of hydrogen-bond donors (Lipinski definition) is 1. The number of esters is 1. The highest BCUT2D eigenvalue weighted by Gasteiger charge is 2.16. The molecule has 0 aliphatic rings. The SMILES string of the molecule is COC(=O)c1sc(NC(=O)/C=C/c2cn(-c3ccccc3)nc2-c2ccccc2)nc1C. The van der Waals surface area contributed by atoms with Gasteiger partial charge in [0.1, 0.15) is 4.88 Å². The lowest BCUT2D eigenvalue weighted by Crippen LogP contribution is -2.07. The number of benzene rings is 2. The summed E-state index contributed by atoms with van der Waals surface area (Å²) in [4.78, 5) is 28.8. The fourth-order valence-corrected chi connectivity index (χ4v) is 3.97. The highest BCUT2D eigenvalue weighted by atomic mass is 32.1. The minimum absolute atomic E-state index is 0.334. The molecule has 1 N–H and O–H groups in total. The van der Waals surface area contributed by atoms with Gasteiger partial charge < -0.3 is 4.74 Å². The van der Waals surface area contributed by atoms with E-state index < -0.39 is 5.97 Å². The molecule has 0 aliphatic heterocycles. The van der Waals surface area contributed by atoms with Crippen LogP contribution in [0.25, 0.3) is 23.0 Å². The van der Waals surface area contributed by atoms with Gasteiger partial charge in [-0.1, -0.05) is 59.9 Å². The second-order valence-corrected chi connectivity index (χ2v) is 7.83. The van der Waals surface area contributed by atoms with Crippen LogP contribution in [-0.2, 0) is 9.53 Å².